The molecule has 0 atom stereocenters. The summed E-state index contributed by atoms with van der Waals surface area (Å²) >= 11 is 0. The highest BCUT2D eigenvalue weighted by Crippen LogP contribution is 2.31. The van der Waals surface area contributed by atoms with Crippen molar-refractivity contribution in [2.75, 3.05) is 31.1 Å². The highest BCUT2D eigenvalue weighted by atomic mass is 16.6. The van der Waals surface area contributed by atoms with Crippen molar-refractivity contribution in [3.8, 4) is 0 Å². The van der Waals surface area contributed by atoms with Crippen LogP contribution in [0.4, 0.5) is 11.4 Å². The maximum Gasteiger partial charge on any atom is 0.293 e. The number of nitro groups is 1. The van der Waals surface area contributed by atoms with Gasteiger partial charge in [0.1, 0.15) is 5.69 Å². The fourth-order valence-electron chi connectivity index (χ4n) is 4.21. The summed E-state index contributed by atoms with van der Waals surface area (Å²) in [4.78, 5) is 32.5. The van der Waals surface area contributed by atoms with Gasteiger partial charge < -0.3 is 9.47 Å². The van der Waals surface area contributed by atoms with Gasteiger partial charge in [0.25, 0.3) is 5.69 Å². The van der Waals surface area contributed by atoms with E-state index in [4.69, 9.17) is 0 Å². The Morgan fingerprint density at radius 2 is 1.88 bits per heavy atom. The first-order chi connectivity index (χ1) is 15.3. The molecule has 4 rings (SSSR count). The molecule has 0 aliphatic carbocycles. The van der Waals surface area contributed by atoms with Crippen LogP contribution in [0.5, 0.6) is 0 Å². The number of nitro benzene ring substituents is 1. The molecule has 1 aromatic carbocycles. The van der Waals surface area contributed by atoms with Gasteiger partial charge in [-0.3, -0.25) is 24.5 Å². The second-order valence-corrected chi connectivity index (χ2v) is 8.19. The number of imidazole rings is 1. The van der Waals surface area contributed by atoms with Crippen molar-refractivity contribution in [2.45, 2.75) is 20.4 Å². The number of hydrogen-bond acceptors (Lipinski definition) is 7. The zero-order valence-corrected chi connectivity index (χ0v) is 18.8. The maximum atomic E-state index is 12.7. The van der Waals surface area contributed by atoms with Crippen LogP contribution in [0.25, 0.3) is 0 Å². The summed E-state index contributed by atoms with van der Waals surface area (Å²) in [5, 5.41) is 16.3. The number of ketones is 1. The van der Waals surface area contributed by atoms with Crippen molar-refractivity contribution < 1.29 is 9.72 Å². The van der Waals surface area contributed by atoms with Crippen LogP contribution in [-0.2, 0) is 20.6 Å². The average Bonchev–Trinajstić information content (AvgIpc) is 3.31. The average molecular weight is 438 g/mol. The predicted molar refractivity (Wildman–Crippen MR) is 120 cm³/mol. The first kappa shape index (κ1) is 21.7. The summed E-state index contributed by atoms with van der Waals surface area (Å²) in [7, 11) is 3.67. The molecule has 0 saturated carbocycles. The Morgan fingerprint density at radius 3 is 2.44 bits per heavy atom. The Bertz CT molecular complexity index is 1170. The van der Waals surface area contributed by atoms with E-state index in [1.54, 1.807) is 29.9 Å². The van der Waals surface area contributed by atoms with E-state index < -0.39 is 4.92 Å². The number of piperazine rings is 1. The zero-order valence-electron chi connectivity index (χ0n) is 18.8. The van der Waals surface area contributed by atoms with Gasteiger partial charge in [-0.25, -0.2) is 4.98 Å². The first-order valence-corrected chi connectivity index (χ1v) is 10.5. The highest BCUT2D eigenvalue weighted by Gasteiger charge is 2.27. The summed E-state index contributed by atoms with van der Waals surface area (Å²) < 4.78 is 3.51. The fourth-order valence-corrected chi connectivity index (χ4v) is 4.21. The molecule has 10 nitrogen and oxygen atoms in total. The van der Waals surface area contributed by atoms with Gasteiger partial charge in [-0.2, -0.15) is 5.10 Å². The van der Waals surface area contributed by atoms with E-state index >= 15 is 0 Å². The standard InChI is InChI=1S/C22H27N7O3/c1-15-18(16(2)26(4)24-15)14-27-9-11-28(12-10-27)19-6-5-17(13-20(19)29(31)32)21(30)22-23-7-8-25(22)3/h5-8,13H,9-12,14H2,1-4H3. The summed E-state index contributed by atoms with van der Waals surface area (Å²) in [5.74, 6) is -0.0826. The second-order valence-electron chi connectivity index (χ2n) is 8.19. The van der Waals surface area contributed by atoms with E-state index in [1.807, 2.05) is 23.6 Å². The fraction of sp³-hybridized carbons (Fsp3) is 0.409. The molecular formula is C22H27N7O3. The van der Waals surface area contributed by atoms with Gasteiger partial charge in [0.2, 0.25) is 5.78 Å². The Labute approximate surface area is 186 Å². The van der Waals surface area contributed by atoms with Crippen LogP contribution in [0.1, 0.15) is 33.1 Å². The Balaban J connectivity index is 1.50. The minimum Gasteiger partial charge on any atom is -0.363 e. The lowest BCUT2D eigenvalue weighted by Gasteiger charge is -2.35. The van der Waals surface area contributed by atoms with Crippen LogP contribution in [0, 0.1) is 24.0 Å². The van der Waals surface area contributed by atoms with Crippen LogP contribution in [0.3, 0.4) is 0 Å². The molecule has 3 heterocycles. The first-order valence-electron chi connectivity index (χ1n) is 10.5. The van der Waals surface area contributed by atoms with Gasteiger partial charge >= 0.3 is 0 Å². The predicted octanol–water partition coefficient (Wildman–Crippen LogP) is 2.23. The van der Waals surface area contributed by atoms with Crippen LogP contribution in [-0.4, -0.2) is 61.1 Å². The molecule has 10 heteroatoms. The number of nitrogens with zero attached hydrogens (tertiary/aromatic N) is 7. The summed E-state index contributed by atoms with van der Waals surface area (Å²) in [6, 6.07) is 4.69. The molecule has 0 radical (unpaired) electrons. The molecule has 0 spiro atoms. The van der Waals surface area contributed by atoms with E-state index in [-0.39, 0.29) is 22.9 Å². The number of hydrogen-bond donors (Lipinski definition) is 0. The summed E-state index contributed by atoms with van der Waals surface area (Å²) in [6.07, 6.45) is 3.20. The van der Waals surface area contributed by atoms with Gasteiger partial charge in [0, 0.05) is 82.1 Å². The van der Waals surface area contributed by atoms with E-state index in [1.165, 1.54) is 17.8 Å². The van der Waals surface area contributed by atoms with Gasteiger partial charge in [-0.05, 0) is 26.0 Å². The molecule has 0 unspecified atom stereocenters. The van der Waals surface area contributed by atoms with Crippen LogP contribution in [0.15, 0.2) is 30.6 Å². The van der Waals surface area contributed by atoms with E-state index in [0.717, 1.165) is 31.0 Å². The zero-order chi connectivity index (χ0) is 23.0. The molecule has 168 valence electrons. The smallest absolute Gasteiger partial charge is 0.293 e. The van der Waals surface area contributed by atoms with Crippen molar-refractivity contribution in [3.63, 3.8) is 0 Å². The van der Waals surface area contributed by atoms with E-state index in [2.05, 4.69) is 21.9 Å². The van der Waals surface area contributed by atoms with Crippen molar-refractivity contribution in [3.05, 3.63) is 69.0 Å². The van der Waals surface area contributed by atoms with Crippen LogP contribution >= 0.6 is 0 Å². The Morgan fingerprint density at radius 1 is 1.16 bits per heavy atom. The monoisotopic (exact) mass is 437 g/mol. The third kappa shape index (κ3) is 4.01. The molecule has 0 amide bonds. The third-order valence-corrected chi connectivity index (χ3v) is 6.21. The number of rotatable bonds is 6. The molecule has 2 aromatic heterocycles. The van der Waals surface area contributed by atoms with Crippen LogP contribution < -0.4 is 4.90 Å². The molecular weight excluding hydrogens is 410 g/mol. The highest BCUT2D eigenvalue weighted by molar-refractivity contribution is 6.07. The number of carbonyl (C=O) groups excluding carboxylic acids is 1. The SMILES string of the molecule is Cc1nn(C)c(C)c1CN1CCN(c2ccc(C(=O)c3nccn3C)cc2[N+](=O)[O-])CC1. The molecule has 0 bridgehead atoms. The lowest BCUT2D eigenvalue weighted by atomic mass is 10.1. The number of anilines is 1. The quantitative estimate of drug-likeness (QED) is 0.331. The second kappa shape index (κ2) is 8.54. The number of aryl methyl sites for hydroxylation is 3. The van der Waals surface area contributed by atoms with Crippen molar-refractivity contribution in [1.82, 2.24) is 24.2 Å². The molecule has 1 aliphatic heterocycles. The van der Waals surface area contributed by atoms with E-state index in [9.17, 15) is 14.9 Å². The number of benzene rings is 1. The molecule has 32 heavy (non-hydrogen) atoms. The lowest BCUT2D eigenvalue weighted by molar-refractivity contribution is -0.384. The van der Waals surface area contributed by atoms with Crippen molar-refractivity contribution in [2.24, 2.45) is 14.1 Å². The minimum absolute atomic E-state index is 0.0579. The lowest BCUT2D eigenvalue weighted by Crippen LogP contribution is -2.46. The normalized spacial score (nSPS) is 14.7. The Kier molecular flexibility index (Phi) is 5.79. The van der Waals surface area contributed by atoms with Crippen molar-refractivity contribution >= 4 is 17.2 Å². The third-order valence-electron chi connectivity index (χ3n) is 6.21. The topological polar surface area (TPSA) is 102 Å². The number of aromatic nitrogens is 4. The molecule has 3 aromatic rings. The summed E-state index contributed by atoms with van der Waals surface area (Å²) in [5.41, 5.74) is 4.18. The van der Waals surface area contributed by atoms with E-state index in [0.29, 0.717) is 18.8 Å². The van der Waals surface area contributed by atoms with Gasteiger partial charge in [-0.1, -0.05) is 0 Å². The molecule has 1 aliphatic rings. The van der Waals surface area contributed by atoms with Gasteiger partial charge in [-0.15, -0.1) is 0 Å². The van der Waals surface area contributed by atoms with Gasteiger partial charge in [0.15, 0.2) is 5.82 Å². The molecule has 1 saturated heterocycles. The summed E-state index contributed by atoms with van der Waals surface area (Å²) in [6.45, 7) is 7.84. The molecule has 1 fully saturated rings. The largest absolute Gasteiger partial charge is 0.363 e. The van der Waals surface area contributed by atoms with Gasteiger partial charge in [0.05, 0.1) is 10.6 Å². The number of carbonyl (C=O) groups is 1. The molecule has 0 N–H and O–H groups in total. The maximum absolute atomic E-state index is 12.7. The Hall–Kier alpha value is -3.53. The minimum atomic E-state index is -0.417. The van der Waals surface area contributed by atoms with Crippen LogP contribution in [0.2, 0.25) is 0 Å². The van der Waals surface area contributed by atoms with Crippen molar-refractivity contribution in [1.29, 1.82) is 0 Å².